The standard InChI is InChI=1S/C23H26FN3O4S/c24-17-3-1-4-18(13-17)25-22(28)15-26-7-9-27(10-8-26)23(29)16-32-19-5-6-20-21(14-19)31-12-2-11-30-20/h1,3-6,13-14H,2,7-12,15-16H2,(H,25,28). The van der Waals surface area contributed by atoms with E-state index in [2.05, 4.69) is 5.32 Å². The van der Waals surface area contributed by atoms with Crippen molar-refractivity contribution in [2.75, 3.05) is 57.0 Å². The lowest BCUT2D eigenvalue weighted by molar-refractivity contribution is -0.130. The molecule has 1 N–H and O–H groups in total. The summed E-state index contributed by atoms with van der Waals surface area (Å²) in [5.74, 6) is 1.31. The number of ether oxygens (including phenoxy) is 2. The summed E-state index contributed by atoms with van der Waals surface area (Å²) in [6, 6.07) is 11.6. The number of halogens is 1. The van der Waals surface area contributed by atoms with Crippen molar-refractivity contribution >= 4 is 29.3 Å². The first-order valence-corrected chi connectivity index (χ1v) is 11.6. The van der Waals surface area contributed by atoms with Crippen LogP contribution in [0.1, 0.15) is 6.42 Å². The second kappa shape index (κ2) is 10.7. The van der Waals surface area contributed by atoms with Gasteiger partial charge in [-0.05, 0) is 36.4 Å². The smallest absolute Gasteiger partial charge is 0.238 e. The molecule has 2 aromatic rings. The molecular formula is C23H26FN3O4S. The van der Waals surface area contributed by atoms with Gasteiger partial charge in [0.05, 0.1) is 25.5 Å². The van der Waals surface area contributed by atoms with Crippen molar-refractivity contribution in [1.82, 2.24) is 9.80 Å². The second-order valence-corrected chi connectivity index (χ2v) is 8.71. The molecule has 9 heteroatoms. The third-order valence-electron chi connectivity index (χ3n) is 5.28. The zero-order valence-corrected chi connectivity index (χ0v) is 18.5. The minimum Gasteiger partial charge on any atom is -0.490 e. The lowest BCUT2D eigenvalue weighted by atomic mass is 10.3. The van der Waals surface area contributed by atoms with E-state index in [1.54, 1.807) is 12.1 Å². The number of nitrogens with one attached hydrogen (secondary N) is 1. The number of rotatable bonds is 6. The molecule has 0 unspecified atom stereocenters. The molecule has 1 saturated heterocycles. The van der Waals surface area contributed by atoms with Crippen LogP contribution in [0.15, 0.2) is 47.4 Å². The van der Waals surface area contributed by atoms with E-state index in [4.69, 9.17) is 9.47 Å². The average molecular weight is 460 g/mol. The van der Waals surface area contributed by atoms with Crippen LogP contribution in [0.4, 0.5) is 10.1 Å². The number of hydrogen-bond donors (Lipinski definition) is 1. The maximum atomic E-state index is 13.2. The molecule has 7 nitrogen and oxygen atoms in total. The van der Waals surface area contributed by atoms with Crippen LogP contribution >= 0.6 is 11.8 Å². The van der Waals surface area contributed by atoms with Crippen LogP contribution in [-0.2, 0) is 9.59 Å². The predicted molar refractivity (Wildman–Crippen MR) is 121 cm³/mol. The Labute approximate surface area is 190 Å². The van der Waals surface area contributed by atoms with Crippen LogP contribution in [0.5, 0.6) is 11.5 Å². The van der Waals surface area contributed by atoms with Crippen molar-refractivity contribution in [3.63, 3.8) is 0 Å². The summed E-state index contributed by atoms with van der Waals surface area (Å²) in [4.78, 5) is 29.6. The molecule has 0 atom stereocenters. The Morgan fingerprint density at radius 3 is 2.56 bits per heavy atom. The van der Waals surface area contributed by atoms with Crippen molar-refractivity contribution in [1.29, 1.82) is 0 Å². The summed E-state index contributed by atoms with van der Waals surface area (Å²) in [5, 5.41) is 2.70. The Kier molecular flexibility index (Phi) is 7.49. The fourth-order valence-corrected chi connectivity index (χ4v) is 4.42. The number of benzene rings is 2. The highest BCUT2D eigenvalue weighted by Gasteiger charge is 2.22. The monoisotopic (exact) mass is 459 g/mol. The number of amides is 2. The SMILES string of the molecule is O=C(CN1CCN(C(=O)CSc2ccc3c(c2)OCCCO3)CC1)Nc1cccc(F)c1. The fourth-order valence-electron chi connectivity index (χ4n) is 3.59. The molecule has 2 amide bonds. The minimum atomic E-state index is -0.389. The zero-order chi connectivity index (χ0) is 22.3. The van der Waals surface area contributed by atoms with Crippen molar-refractivity contribution in [3.8, 4) is 11.5 Å². The maximum Gasteiger partial charge on any atom is 0.238 e. The van der Waals surface area contributed by atoms with Crippen LogP contribution in [0.3, 0.4) is 0 Å². The summed E-state index contributed by atoms with van der Waals surface area (Å²) >= 11 is 1.48. The van der Waals surface area contributed by atoms with E-state index in [0.717, 1.165) is 22.8 Å². The predicted octanol–water partition coefficient (Wildman–Crippen LogP) is 2.86. The minimum absolute atomic E-state index is 0.0750. The Morgan fingerprint density at radius 2 is 1.78 bits per heavy atom. The third kappa shape index (κ3) is 6.14. The molecule has 2 aromatic carbocycles. The number of nitrogens with zero attached hydrogens (tertiary/aromatic N) is 2. The van der Waals surface area contributed by atoms with Crippen molar-refractivity contribution in [3.05, 3.63) is 48.3 Å². The summed E-state index contributed by atoms with van der Waals surface area (Å²) in [6.07, 6.45) is 0.855. The van der Waals surface area contributed by atoms with Crippen LogP contribution < -0.4 is 14.8 Å². The Hall–Kier alpha value is -2.78. The largest absolute Gasteiger partial charge is 0.490 e. The molecule has 0 aliphatic carbocycles. The first-order chi connectivity index (χ1) is 15.6. The molecule has 0 radical (unpaired) electrons. The van der Waals surface area contributed by atoms with Crippen LogP contribution in [0.25, 0.3) is 0 Å². The van der Waals surface area contributed by atoms with E-state index in [9.17, 15) is 14.0 Å². The van der Waals surface area contributed by atoms with Gasteiger partial charge in [-0.15, -0.1) is 11.8 Å². The Bertz CT molecular complexity index is 966. The van der Waals surface area contributed by atoms with Crippen LogP contribution in [0.2, 0.25) is 0 Å². The van der Waals surface area contributed by atoms with E-state index in [1.807, 2.05) is 28.0 Å². The Morgan fingerprint density at radius 1 is 1.00 bits per heavy atom. The first kappa shape index (κ1) is 22.4. The van der Waals surface area contributed by atoms with Crippen molar-refractivity contribution < 1.29 is 23.5 Å². The van der Waals surface area contributed by atoms with Crippen molar-refractivity contribution in [2.24, 2.45) is 0 Å². The molecule has 0 bridgehead atoms. The lowest BCUT2D eigenvalue weighted by Crippen LogP contribution is -2.50. The van der Waals surface area contributed by atoms with Gasteiger partial charge in [-0.2, -0.15) is 0 Å². The highest BCUT2D eigenvalue weighted by Crippen LogP contribution is 2.34. The maximum absolute atomic E-state index is 13.2. The molecule has 32 heavy (non-hydrogen) atoms. The van der Waals surface area contributed by atoms with E-state index >= 15 is 0 Å². The molecule has 0 spiro atoms. The number of hydrogen-bond acceptors (Lipinski definition) is 6. The average Bonchev–Trinajstić information content (AvgIpc) is 3.03. The first-order valence-electron chi connectivity index (χ1n) is 10.6. The van der Waals surface area contributed by atoms with Gasteiger partial charge in [-0.3, -0.25) is 14.5 Å². The molecule has 170 valence electrons. The van der Waals surface area contributed by atoms with E-state index in [0.29, 0.717) is 50.8 Å². The van der Waals surface area contributed by atoms with Gasteiger partial charge < -0.3 is 19.7 Å². The van der Waals surface area contributed by atoms with E-state index in [1.165, 1.54) is 23.9 Å². The summed E-state index contributed by atoms with van der Waals surface area (Å²) < 4.78 is 24.6. The van der Waals surface area contributed by atoms with Gasteiger partial charge in [-0.1, -0.05) is 6.07 Å². The summed E-state index contributed by atoms with van der Waals surface area (Å²) in [6.45, 7) is 3.89. The zero-order valence-electron chi connectivity index (χ0n) is 17.7. The summed E-state index contributed by atoms with van der Waals surface area (Å²) in [5.41, 5.74) is 0.440. The van der Waals surface area contributed by atoms with Crippen LogP contribution in [-0.4, -0.2) is 73.3 Å². The number of piperazine rings is 1. The van der Waals surface area contributed by atoms with Gasteiger partial charge in [0, 0.05) is 43.2 Å². The molecule has 2 aliphatic heterocycles. The molecule has 2 aliphatic rings. The normalized spacial score (nSPS) is 16.3. The second-order valence-electron chi connectivity index (χ2n) is 7.66. The third-order valence-corrected chi connectivity index (χ3v) is 6.26. The topological polar surface area (TPSA) is 71.1 Å². The number of carbonyl (C=O) groups is 2. The number of thioether (sulfide) groups is 1. The molecule has 2 heterocycles. The van der Waals surface area contributed by atoms with Crippen LogP contribution in [0, 0.1) is 5.82 Å². The van der Waals surface area contributed by atoms with Gasteiger partial charge in [0.2, 0.25) is 11.8 Å². The summed E-state index contributed by atoms with van der Waals surface area (Å²) in [7, 11) is 0. The number of anilines is 1. The van der Waals surface area contributed by atoms with Gasteiger partial charge in [-0.25, -0.2) is 4.39 Å². The van der Waals surface area contributed by atoms with E-state index in [-0.39, 0.29) is 24.2 Å². The number of carbonyl (C=O) groups excluding carboxylic acids is 2. The van der Waals surface area contributed by atoms with E-state index < -0.39 is 0 Å². The molecule has 0 saturated carbocycles. The molecule has 4 rings (SSSR count). The fraction of sp³-hybridized carbons (Fsp3) is 0.391. The van der Waals surface area contributed by atoms with Gasteiger partial charge in [0.1, 0.15) is 5.82 Å². The quantitative estimate of drug-likeness (QED) is 0.670. The van der Waals surface area contributed by atoms with Crippen molar-refractivity contribution in [2.45, 2.75) is 11.3 Å². The van der Waals surface area contributed by atoms with Gasteiger partial charge in [0.25, 0.3) is 0 Å². The molecule has 0 aromatic heterocycles. The molecular weight excluding hydrogens is 433 g/mol. The molecule has 1 fully saturated rings. The lowest BCUT2D eigenvalue weighted by Gasteiger charge is -2.34. The number of fused-ring (bicyclic) bond motifs is 1. The Balaban J connectivity index is 1.20. The van der Waals surface area contributed by atoms with Gasteiger partial charge >= 0.3 is 0 Å². The van der Waals surface area contributed by atoms with Gasteiger partial charge in [0.15, 0.2) is 11.5 Å². The highest BCUT2D eigenvalue weighted by atomic mass is 32.2. The highest BCUT2D eigenvalue weighted by molar-refractivity contribution is 8.00.